The molecule has 42 heavy (non-hydrogen) atoms. The number of imidazole rings is 2. The lowest BCUT2D eigenvalue weighted by Crippen LogP contribution is -2.24. The van der Waals surface area contributed by atoms with Crippen molar-refractivity contribution in [2.45, 2.75) is 51.3 Å². The first-order valence-electron chi connectivity index (χ1n) is 12.0. The van der Waals surface area contributed by atoms with E-state index in [-0.39, 0.29) is 0 Å². The summed E-state index contributed by atoms with van der Waals surface area (Å²) in [5.41, 5.74) is 6.85. The van der Waals surface area contributed by atoms with Crippen LogP contribution in [-0.4, -0.2) is 14.2 Å². The molecule has 12 nitrogen and oxygen atoms in total. The predicted octanol–water partition coefficient (Wildman–Crippen LogP) is 5.43. The normalized spacial score (nSPS) is 9.71. The zero-order valence-electron chi connectivity index (χ0n) is 24.7. The standard InChI is InChI=1S/C9H13NO3S.C9H12O3S.C4H8N3.C4H6N2.I2/c1-6-4-7(2)9(8(3)5-6)14-13-12-11-10;1-6-4-7(2)9(8(3)5-6)13-12-11-10;1-6-2-3-7(5)4-6;1-6-3-2-5-4-6;1-2/h4-5H,10H2,1-3H3;4-5,10H,1-3H3;2-4H,5H2,1H3;2-4H,1H3;/q;;+1;;/p-1. The van der Waals surface area contributed by atoms with Gasteiger partial charge in [-0.25, -0.2) is 9.55 Å². The van der Waals surface area contributed by atoms with Gasteiger partial charge < -0.3 is 9.82 Å². The third-order valence-corrected chi connectivity index (χ3v) is 6.83. The van der Waals surface area contributed by atoms with Gasteiger partial charge in [0.2, 0.25) is 0 Å². The fourth-order valence-electron chi connectivity index (χ4n) is 3.50. The van der Waals surface area contributed by atoms with Gasteiger partial charge in [-0.2, -0.15) is 10.2 Å². The van der Waals surface area contributed by atoms with Crippen LogP contribution in [0.3, 0.4) is 0 Å². The Morgan fingerprint density at radius 1 is 0.857 bits per heavy atom. The number of nitrogens with two attached hydrogens (primary N) is 2. The summed E-state index contributed by atoms with van der Waals surface area (Å²) < 4.78 is 14.2. The molecule has 16 heteroatoms. The average Bonchev–Trinajstić information content (AvgIpc) is 3.57. The van der Waals surface area contributed by atoms with Crippen molar-refractivity contribution in [1.29, 1.82) is 0 Å². The molecule has 4 N–H and O–H groups in total. The number of nitrogen functional groups attached to an aromatic ring is 1. The van der Waals surface area contributed by atoms with Crippen molar-refractivity contribution in [2.24, 2.45) is 20.0 Å². The van der Waals surface area contributed by atoms with Crippen molar-refractivity contribution in [1.82, 2.24) is 14.2 Å². The SMILES string of the molecule is C[n+]1ccn(N)c1.Cc1cc(C)c(SOOON)c(C)c1.Cc1cc(C)c(SOO[O-])c(C)c1.Cn1ccnc1.II. The zero-order valence-corrected chi connectivity index (χ0v) is 30.7. The third-order valence-electron chi connectivity index (χ3n) is 4.96. The minimum Gasteiger partial charge on any atom is -0.691 e. The van der Waals surface area contributed by atoms with Crippen LogP contribution < -0.4 is 21.6 Å². The number of hydrogen-bond acceptors (Lipinski definition) is 11. The molecule has 0 amide bonds. The number of benzene rings is 2. The summed E-state index contributed by atoms with van der Waals surface area (Å²) in [6.45, 7) is 12.0. The Labute approximate surface area is 279 Å². The van der Waals surface area contributed by atoms with Crippen molar-refractivity contribution < 1.29 is 33.6 Å². The maximum absolute atomic E-state index is 9.65. The van der Waals surface area contributed by atoms with Gasteiger partial charge in [0.25, 0.3) is 6.33 Å². The molecule has 0 aliphatic heterocycles. The predicted molar refractivity (Wildman–Crippen MR) is 180 cm³/mol. The molecule has 0 aliphatic carbocycles. The summed E-state index contributed by atoms with van der Waals surface area (Å²) in [4.78, 5) is 9.55. The number of aryl methyl sites for hydroxylation is 8. The van der Waals surface area contributed by atoms with Gasteiger partial charge in [0, 0.05) is 66.5 Å². The highest BCUT2D eigenvalue weighted by molar-refractivity contribution is 15.0. The lowest BCUT2D eigenvalue weighted by Gasteiger charge is -2.10. The Balaban J connectivity index is 0.000000549. The molecular weight excluding hydrogens is 810 g/mol. The monoisotopic (exact) mass is 848 g/mol. The van der Waals surface area contributed by atoms with Gasteiger partial charge in [-0.3, -0.25) is 10.9 Å². The molecular formula is C26H38I2N6O6S2. The third kappa shape index (κ3) is 17.6. The second kappa shape index (κ2) is 23.9. The minimum absolute atomic E-state index is 0.932. The van der Waals surface area contributed by atoms with E-state index in [1.54, 1.807) is 25.0 Å². The highest BCUT2D eigenvalue weighted by Gasteiger charge is 2.06. The number of nitrogens with zero attached hydrogens (tertiary/aromatic N) is 4. The summed E-state index contributed by atoms with van der Waals surface area (Å²) in [7, 11) is 3.86. The molecule has 0 aliphatic rings. The molecule has 2 aromatic heterocycles. The number of rotatable bonds is 7. The maximum Gasteiger partial charge on any atom is 0.266 e. The highest BCUT2D eigenvalue weighted by atomic mass is 128. The molecule has 0 saturated heterocycles. The summed E-state index contributed by atoms with van der Waals surface area (Å²) >= 11 is 6.27. The van der Waals surface area contributed by atoms with E-state index < -0.39 is 0 Å². The van der Waals surface area contributed by atoms with E-state index in [1.807, 2.05) is 82.4 Å². The quantitative estimate of drug-likeness (QED) is 0.0467. The number of halogens is 2. The van der Waals surface area contributed by atoms with E-state index in [0.29, 0.717) is 0 Å². The molecule has 4 rings (SSSR count). The highest BCUT2D eigenvalue weighted by Crippen LogP contribution is 2.29. The van der Waals surface area contributed by atoms with Crippen molar-refractivity contribution in [3.63, 3.8) is 0 Å². The maximum atomic E-state index is 9.65. The van der Waals surface area contributed by atoms with Crippen molar-refractivity contribution in [2.75, 3.05) is 5.84 Å². The van der Waals surface area contributed by atoms with E-state index in [1.165, 1.54) is 15.8 Å². The fraction of sp³-hybridized carbons (Fsp3) is 0.308. The molecule has 0 saturated carbocycles. The molecule has 0 bridgehead atoms. The van der Waals surface area contributed by atoms with Crippen LogP contribution in [0, 0.1) is 41.5 Å². The molecule has 0 unspecified atom stereocenters. The molecule has 0 atom stereocenters. The van der Waals surface area contributed by atoms with E-state index in [2.05, 4.69) is 90.9 Å². The molecule has 0 radical (unpaired) electrons. The summed E-state index contributed by atoms with van der Waals surface area (Å²) in [6, 6.07) is 8.21. The van der Waals surface area contributed by atoms with Crippen molar-refractivity contribution in [3.8, 4) is 0 Å². The molecule has 4 aromatic rings. The van der Waals surface area contributed by atoms with Gasteiger partial charge in [-0.05, 0) is 68.8 Å². The minimum atomic E-state index is 0.932. The average molecular weight is 849 g/mol. The van der Waals surface area contributed by atoms with Crippen LogP contribution in [0.5, 0.6) is 0 Å². The van der Waals surface area contributed by atoms with Crippen LogP contribution in [0.1, 0.15) is 33.4 Å². The first-order valence-corrected chi connectivity index (χ1v) is 19.7. The van der Waals surface area contributed by atoms with Crippen LogP contribution in [0.4, 0.5) is 0 Å². The van der Waals surface area contributed by atoms with E-state index in [9.17, 15) is 5.26 Å². The van der Waals surface area contributed by atoms with Crippen LogP contribution in [0.15, 0.2) is 71.5 Å². The Morgan fingerprint density at radius 3 is 1.60 bits per heavy atom. The molecule has 2 aromatic carbocycles. The summed E-state index contributed by atoms with van der Waals surface area (Å²) in [5.74, 6) is 9.91. The number of aromatic nitrogens is 4. The summed E-state index contributed by atoms with van der Waals surface area (Å²) in [5, 5.41) is 17.1. The van der Waals surface area contributed by atoms with Gasteiger partial charge in [0.05, 0.1) is 37.5 Å². The molecule has 0 spiro atoms. The van der Waals surface area contributed by atoms with Crippen molar-refractivity contribution >= 4 is 61.3 Å². The Hall–Kier alpha value is -1.46. The number of hydrogen-bond donors (Lipinski definition) is 2. The lowest BCUT2D eigenvalue weighted by atomic mass is 10.1. The van der Waals surface area contributed by atoms with E-state index in [4.69, 9.17) is 5.84 Å². The van der Waals surface area contributed by atoms with Gasteiger partial charge in [0.1, 0.15) is 6.20 Å². The Kier molecular flexibility index (Phi) is 23.1. The van der Waals surface area contributed by atoms with E-state index >= 15 is 0 Å². The zero-order chi connectivity index (χ0) is 32.1. The largest absolute Gasteiger partial charge is 0.691 e. The van der Waals surface area contributed by atoms with Crippen LogP contribution in [0.25, 0.3) is 0 Å². The van der Waals surface area contributed by atoms with Crippen LogP contribution >= 0.6 is 61.3 Å². The smallest absolute Gasteiger partial charge is 0.266 e. The Bertz CT molecular complexity index is 1220. The second-order valence-corrected chi connectivity index (χ2v) is 10.2. The first-order chi connectivity index (χ1) is 20.0. The van der Waals surface area contributed by atoms with E-state index in [0.717, 1.165) is 56.1 Å². The fourth-order valence-corrected chi connectivity index (χ4v) is 4.49. The first kappa shape index (κ1) is 40.5. The van der Waals surface area contributed by atoms with Gasteiger partial charge in [-0.15, -0.1) is 14.0 Å². The van der Waals surface area contributed by atoms with Gasteiger partial charge >= 0.3 is 0 Å². The van der Waals surface area contributed by atoms with Crippen molar-refractivity contribution in [3.05, 3.63) is 95.1 Å². The topological polar surface area (TPSA) is 148 Å². The van der Waals surface area contributed by atoms with Gasteiger partial charge in [-0.1, -0.05) is 35.4 Å². The van der Waals surface area contributed by atoms with Crippen LogP contribution in [0.2, 0.25) is 0 Å². The molecule has 2 heterocycles. The summed E-state index contributed by atoms with van der Waals surface area (Å²) in [6.07, 6.45) is 10.8. The van der Waals surface area contributed by atoms with Crippen LogP contribution in [-0.2, 0) is 37.8 Å². The van der Waals surface area contributed by atoms with Gasteiger partial charge in [0.15, 0.2) is 6.20 Å². The lowest BCUT2D eigenvalue weighted by molar-refractivity contribution is -0.777. The molecule has 0 fully saturated rings. The molecule has 234 valence electrons. The Morgan fingerprint density at radius 2 is 1.33 bits per heavy atom. The second-order valence-electron chi connectivity index (χ2n) is 8.75.